The van der Waals surface area contributed by atoms with Crippen molar-refractivity contribution in [2.75, 3.05) is 39.3 Å². The van der Waals surface area contributed by atoms with Gasteiger partial charge in [0.2, 0.25) is 10.0 Å². The number of hydrogen-bond donors (Lipinski definition) is 1. The molecule has 2 aromatic carbocycles. The van der Waals surface area contributed by atoms with Gasteiger partial charge in [0.1, 0.15) is 24.2 Å². The molecule has 1 N–H and O–H groups in total. The van der Waals surface area contributed by atoms with E-state index in [0.29, 0.717) is 24.4 Å². The van der Waals surface area contributed by atoms with Crippen molar-refractivity contribution in [2.45, 2.75) is 17.4 Å². The van der Waals surface area contributed by atoms with Gasteiger partial charge in [0.05, 0.1) is 16.5 Å². The van der Waals surface area contributed by atoms with Gasteiger partial charge in [-0.2, -0.15) is 9.57 Å². The summed E-state index contributed by atoms with van der Waals surface area (Å²) >= 11 is 0. The molecule has 0 saturated carbocycles. The number of rotatable bonds is 8. The Balaban J connectivity index is 1.47. The van der Waals surface area contributed by atoms with E-state index in [9.17, 15) is 26.7 Å². The van der Waals surface area contributed by atoms with Crippen molar-refractivity contribution in [2.24, 2.45) is 0 Å². The summed E-state index contributed by atoms with van der Waals surface area (Å²) in [5.41, 5.74) is 0.501. The van der Waals surface area contributed by atoms with Crippen LogP contribution in [0.25, 0.3) is 0 Å². The number of β-amino-alcohol motifs (C(OH)–C–C–N with tert-alkyl or cyclic N) is 1. The summed E-state index contributed by atoms with van der Waals surface area (Å²) in [6, 6.07) is 12.6. The number of hydrogen-bond acceptors (Lipinski definition) is 7. The zero-order chi connectivity index (χ0) is 24.1. The molecule has 0 amide bonds. The van der Waals surface area contributed by atoms with Crippen LogP contribution in [0.2, 0.25) is 0 Å². The second-order valence-electron chi connectivity index (χ2n) is 7.32. The number of nitriles is 1. The van der Waals surface area contributed by atoms with E-state index in [2.05, 4.69) is 4.74 Å². The molecular weight excluding hydrogens is 463 g/mol. The highest BCUT2D eigenvalue weighted by atomic mass is 32.2. The fourth-order valence-corrected chi connectivity index (χ4v) is 4.71. The van der Waals surface area contributed by atoms with Crippen LogP contribution in [-0.2, 0) is 10.0 Å². The van der Waals surface area contributed by atoms with Crippen molar-refractivity contribution >= 4 is 10.0 Å². The molecule has 1 saturated heterocycles. The molecule has 0 aliphatic carbocycles. The summed E-state index contributed by atoms with van der Waals surface area (Å²) in [5, 5.41) is 19.0. The maximum Gasteiger partial charge on any atom is 0.573 e. The smallest absolute Gasteiger partial charge is 0.491 e. The van der Waals surface area contributed by atoms with E-state index in [1.54, 1.807) is 24.3 Å². The minimum Gasteiger partial charge on any atom is -0.491 e. The Morgan fingerprint density at radius 2 is 1.58 bits per heavy atom. The van der Waals surface area contributed by atoms with E-state index in [4.69, 9.17) is 10.00 Å². The van der Waals surface area contributed by atoms with Gasteiger partial charge in [-0.05, 0) is 48.5 Å². The van der Waals surface area contributed by atoms with Crippen LogP contribution >= 0.6 is 0 Å². The van der Waals surface area contributed by atoms with E-state index >= 15 is 0 Å². The first-order chi connectivity index (χ1) is 15.6. The molecule has 0 spiro atoms. The van der Waals surface area contributed by atoms with Crippen molar-refractivity contribution in [3.05, 3.63) is 54.1 Å². The summed E-state index contributed by atoms with van der Waals surface area (Å²) in [6.45, 7) is 1.42. The molecule has 0 radical (unpaired) electrons. The number of sulfonamides is 1. The molecule has 0 bridgehead atoms. The van der Waals surface area contributed by atoms with Crippen LogP contribution in [-0.4, -0.2) is 74.5 Å². The predicted molar refractivity (Wildman–Crippen MR) is 111 cm³/mol. The molecular formula is C21H22F3N3O5S. The third-order valence-corrected chi connectivity index (χ3v) is 6.83. The maximum atomic E-state index is 12.8. The number of nitrogens with zero attached hydrogens (tertiary/aromatic N) is 3. The molecule has 0 aromatic heterocycles. The number of aliphatic hydroxyl groups excluding tert-OH is 1. The SMILES string of the molecule is N#Cc1ccc(OC[C@@H](O)CN2CCN(S(=O)(=O)c3ccc(OC(F)(F)F)cc3)CC2)cc1. The van der Waals surface area contributed by atoms with E-state index in [1.807, 2.05) is 11.0 Å². The van der Waals surface area contributed by atoms with Crippen molar-refractivity contribution in [3.8, 4) is 17.6 Å². The van der Waals surface area contributed by atoms with Gasteiger partial charge in [-0.25, -0.2) is 8.42 Å². The van der Waals surface area contributed by atoms with Crippen LogP contribution in [0.1, 0.15) is 5.56 Å². The van der Waals surface area contributed by atoms with Gasteiger partial charge in [0, 0.05) is 32.7 Å². The van der Waals surface area contributed by atoms with Gasteiger partial charge in [0.15, 0.2) is 0 Å². The number of halogens is 3. The van der Waals surface area contributed by atoms with Crippen LogP contribution in [0.15, 0.2) is 53.4 Å². The van der Waals surface area contributed by atoms with E-state index in [0.717, 1.165) is 24.3 Å². The van der Waals surface area contributed by atoms with Crippen LogP contribution in [0.3, 0.4) is 0 Å². The molecule has 1 atom stereocenters. The zero-order valence-corrected chi connectivity index (χ0v) is 18.2. The number of ether oxygens (including phenoxy) is 2. The molecule has 1 heterocycles. The Bertz CT molecular complexity index is 1060. The van der Waals surface area contributed by atoms with Crippen LogP contribution < -0.4 is 9.47 Å². The van der Waals surface area contributed by atoms with Gasteiger partial charge >= 0.3 is 6.36 Å². The van der Waals surface area contributed by atoms with Gasteiger partial charge in [-0.1, -0.05) is 0 Å². The summed E-state index contributed by atoms with van der Waals surface area (Å²) in [5.74, 6) is 0.0269. The molecule has 1 aliphatic rings. The van der Waals surface area contributed by atoms with Gasteiger partial charge in [-0.3, -0.25) is 4.90 Å². The zero-order valence-electron chi connectivity index (χ0n) is 17.4. The second-order valence-corrected chi connectivity index (χ2v) is 9.26. The maximum absolute atomic E-state index is 12.8. The molecule has 3 rings (SSSR count). The minimum absolute atomic E-state index is 0.0385. The van der Waals surface area contributed by atoms with Crippen LogP contribution in [0, 0.1) is 11.3 Å². The monoisotopic (exact) mass is 485 g/mol. The lowest BCUT2D eigenvalue weighted by molar-refractivity contribution is -0.274. The van der Waals surface area contributed by atoms with E-state index in [1.165, 1.54) is 4.31 Å². The minimum atomic E-state index is -4.85. The standard InChI is InChI=1S/C21H22F3N3O5S/c22-21(23,24)32-19-5-7-20(8-6-19)33(29,30)27-11-9-26(10-12-27)14-17(28)15-31-18-3-1-16(13-25)2-4-18/h1-8,17,28H,9-12,14-15H2/t17-/m0/s1. The van der Waals surface area contributed by atoms with Crippen LogP contribution in [0.4, 0.5) is 13.2 Å². The number of aliphatic hydroxyl groups is 1. The van der Waals surface area contributed by atoms with Crippen molar-refractivity contribution in [1.82, 2.24) is 9.21 Å². The van der Waals surface area contributed by atoms with E-state index < -0.39 is 28.2 Å². The Labute approximate surface area is 189 Å². The third kappa shape index (κ3) is 7.06. The number of benzene rings is 2. The second kappa shape index (κ2) is 10.4. The highest BCUT2D eigenvalue weighted by Crippen LogP contribution is 2.25. The lowest BCUT2D eigenvalue weighted by Gasteiger charge is -2.34. The largest absolute Gasteiger partial charge is 0.573 e. The van der Waals surface area contributed by atoms with Crippen LogP contribution in [0.5, 0.6) is 11.5 Å². The average molecular weight is 485 g/mol. The van der Waals surface area contributed by atoms with Crippen molar-refractivity contribution < 1.29 is 36.2 Å². The molecule has 178 valence electrons. The lowest BCUT2D eigenvalue weighted by Crippen LogP contribution is -2.50. The van der Waals surface area contributed by atoms with Crippen molar-refractivity contribution in [3.63, 3.8) is 0 Å². The summed E-state index contributed by atoms with van der Waals surface area (Å²) in [4.78, 5) is 1.78. The fraction of sp³-hybridized carbons (Fsp3) is 0.381. The first-order valence-electron chi connectivity index (χ1n) is 9.96. The summed E-state index contributed by atoms with van der Waals surface area (Å²) in [6.07, 6.45) is -5.65. The fourth-order valence-electron chi connectivity index (χ4n) is 3.28. The predicted octanol–water partition coefficient (Wildman–Crippen LogP) is 2.20. The Morgan fingerprint density at radius 1 is 1.00 bits per heavy atom. The van der Waals surface area contributed by atoms with Crippen molar-refractivity contribution in [1.29, 1.82) is 5.26 Å². The quantitative estimate of drug-likeness (QED) is 0.612. The Hall–Kier alpha value is -2.85. The molecule has 12 heteroatoms. The molecule has 33 heavy (non-hydrogen) atoms. The topological polar surface area (TPSA) is 103 Å². The lowest BCUT2D eigenvalue weighted by atomic mass is 10.2. The summed E-state index contributed by atoms with van der Waals surface area (Å²) < 4.78 is 72.9. The normalized spacial score (nSPS) is 16.7. The average Bonchev–Trinajstić information content (AvgIpc) is 2.78. The molecule has 1 fully saturated rings. The molecule has 1 aliphatic heterocycles. The van der Waals surface area contributed by atoms with E-state index in [-0.39, 0.29) is 31.1 Å². The first-order valence-corrected chi connectivity index (χ1v) is 11.4. The Kier molecular flexibility index (Phi) is 7.80. The number of piperazine rings is 1. The molecule has 0 unspecified atom stereocenters. The third-order valence-electron chi connectivity index (χ3n) is 4.92. The first kappa shape index (κ1) is 24.8. The van der Waals surface area contributed by atoms with Gasteiger partial charge in [0.25, 0.3) is 0 Å². The van der Waals surface area contributed by atoms with Gasteiger partial charge in [-0.15, -0.1) is 13.2 Å². The number of alkyl halides is 3. The summed E-state index contributed by atoms with van der Waals surface area (Å²) in [7, 11) is -3.87. The highest BCUT2D eigenvalue weighted by molar-refractivity contribution is 7.89. The molecule has 2 aromatic rings. The van der Waals surface area contributed by atoms with Gasteiger partial charge < -0.3 is 14.6 Å². The molecule has 8 nitrogen and oxygen atoms in total. The highest BCUT2D eigenvalue weighted by Gasteiger charge is 2.32. The Morgan fingerprint density at radius 3 is 2.12 bits per heavy atom.